The van der Waals surface area contributed by atoms with Crippen LogP contribution < -0.4 is 4.31 Å². The molecule has 0 fully saturated rings. The van der Waals surface area contributed by atoms with E-state index in [9.17, 15) is 18.5 Å². The van der Waals surface area contributed by atoms with Crippen LogP contribution >= 0.6 is 22.6 Å². The molecule has 0 radical (unpaired) electrons. The molecule has 0 spiro atoms. The Balaban J connectivity index is 2.36. The molecule has 2 aromatic carbocycles. The maximum Gasteiger partial charge on any atom is 0.269 e. The van der Waals surface area contributed by atoms with E-state index in [1.54, 1.807) is 24.3 Å². The lowest BCUT2D eigenvalue weighted by molar-refractivity contribution is -0.384. The number of anilines is 1. The van der Waals surface area contributed by atoms with Crippen molar-refractivity contribution in [1.82, 2.24) is 0 Å². The van der Waals surface area contributed by atoms with Crippen LogP contribution in [0.4, 0.5) is 11.4 Å². The van der Waals surface area contributed by atoms with Crippen molar-refractivity contribution in [2.75, 3.05) is 11.4 Å². The summed E-state index contributed by atoms with van der Waals surface area (Å²) >= 11 is 2.13. The average Bonchev–Trinajstić information content (AvgIpc) is 2.47. The van der Waals surface area contributed by atoms with E-state index in [1.165, 1.54) is 31.3 Å². The number of halogens is 1. The van der Waals surface area contributed by atoms with Crippen LogP contribution in [0.3, 0.4) is 0 Å². The molecule has 6 nitrogen and oxygen atoms in total. The zero-order chi connectivity index (χ0) is 15.6. The molecule has 0 unspecified atom stereocenters. The Kier molecular flexibility index (Phi) is 4.47. The normalized spacial score (nSPS) is 11.1. The minimum Gasteiger partial charge on any atom is -0.269 e. The van der Waals surface area contributed by atoms with Crippen LogP contribution in [0.1, 0.15) is 0 Å². The van der Waals surface area contributed by atoms with Crippen LogP contribution in [0.2, 0.25) is 0 Å². The summed E-state index contributed by atoms with van der Waals surface area (Å²) in [6.07, 6.45) is 0. The number of hydrogen-bond donors (Lipinski definition) is 0. The lowest BCUT2D eigenvalue weighted by Gasteiger charge is -2.19. The highest BCUT2D eigenvalue weighted by Gasteiger charge is 2.22. The monoisotopic (exact) mass is 418 g/mol. The molecule has 2 aromatic rings. The van der Waals surface area contributed by atoms with Gasteiger partial charge in [0, 0.05) is 22.8 Å². The van der Waals surface area contributed by atoms with Gasteiger partial charge in [0.25, 0.3) is 15.7 Å². The Bertz CT molecular complexity index is 758. The molecule has 0 aliphatic carbocycles. The van der Waals surface area contributed by atoms with Crippen molar-refractivity contribution >= 4 is 44.0 Å². The predicted octanol–water partition coefficient (Wildman–Crippen LogP) is 3.02. The molecule has 0 amide bonds. The Labute approximate surface area is 135 Å². The van der Waals surface area contributed by atoms with Gasteiger partial charge in [0.05, 0.1) is 15.5 Å². The van der Waals surface area contributed by atoms with E-state index in [0.717, 1.165) is 7.88 Å². The van der Waals surface area contributed by atoms with Crippen molar-refractivity contribution in [2.45, 2.75) is 4.90 Å². The number of nitrogens with zero attached hydrogens (tertiary/aromatic N) is 2. The van der Waals surface area contributed by atoms with Crippen LogP contribution in [-0.4, -0.2) is 20.4 Å². The fourth-order valence-electron chi connectivity index (χ4n) is 1.69. The van der Waals surface area contributed by atoms with E-state index in [-0.39, 0.29) is 10.6 Å². The zero-order valence-electron chi connectivity index (χ0n) is 10.9. The third kappa shape index (κ3) is 3.32. The largest absolute Gasteiger partial charge is 0.269 e. The summed E-state index contributed by atoms with van der Waals surface area (Å²) in [6.45, 7) is 0. The number of nitro benzene ring substituents is 1. The number of rotatable bonds is 4. The van der Waals surface area contributed by atoms with E-state index >= 15 is 0 Å². The van der Waals surface area contributed by atoms with Gasteiger partial charge < -0.3 is 0 Å². The van der Waals surface area contributed by atoms with Gasteiger partial charge >= 0.3 is 0 Å². The van der Waals surface area contributed by atoms with Crippen molar-refractivity contribution in [3.8, 4) is 0 Å². The standard InChI is InChI=1S/C13H11IN2O4S/c1-15(11-4-2-10(14)3-5-11)21(19,20)13-8-6-12(7-9-13)16(17)18/h2-9H,1H3. The number of hydrogen-bond acceptors (Lipinski definition) is 4. The molecule has 0 saturated carbocycles. The molecule has 2 rings (SSSR count). The van der Waals surface area contributed by atoms with Crippen molar-refractivity contribution < 1.29 is 13.3 Å². The summed E-state index contributed by atoms with van der Waals surface area (Å²) in [6, 6.07) is 11.8. The Hall–Kier alpha value is -1.68. The highest BCUT2D eigenvalue weighted by molar-refractivity contribution is 14.1. The Morgan fingerprint density at radius 2 is 1.57 bits per heavy atom. The molecule has 0 bridgehead atoms. The molecule has 0 atom stereocenters. The number of non-ortho nitro benzene ring substituents is 1. The summed E-state index contributed by atoms with van der Waals surface area (Å²) in [5.74, 6) is 0. The van der Waals surface area contributed by atoms with Gasteiger partial charge in [-0.05, 0) is 59.0 Å². The summed E-state index contributed by atoms with van der Waals surface area (Å²) in [5.41, 5.74) is 0.375. The van der Waals surface area contributed by atoms with Gasteiger partial charge in [-0.2, -0.15) is 0 Å². The van der Waals surface area contributed by atoms with E-state index in [0.29, 0.717) is 5.69 Å². The number of benzene rings is 2. The molecule has 0 saturated heterocycles. The first-order chi connectivity index (χ1) is 9.82. The molecule has 0 heterocycles. The van der Waals surface area contributed by atoms with Crippen molar-refractivity contribution in [3.05, 3.63) is 62.2 Å². The van der Waals surface area contributed by atoms with Gasteiger partial charge in [0.15, 0.2) is 0 Å². The van der Waals surface area contributed by atoms with Crippen LogP contribution in [0.15, 0.2) is 53.4 Å². The molecule has 110 valence electrons. The topological polar surface area (TPSA) is 80.5 Å². The third-order valence-electron chi connectivity index (χ3n) is 2.90. The minimum atomic E-state index is -3.74. The number of nitro groups is 1. The molecular weight excluding hydrogens is 407 g/mol. The van der Waals surface area contributed by atoms with Crippen LogP contribution in [0, 0.1) is 13.7 Å². The van der Waals surface area contributed by atoms with E-state index in [2.05, 4.69) is 22.6 Å². The maximum atomic E-state index is 12.5. The molecule has 0 N–H and O–H groups in total. The first-order valence-electron chi connectivity index (χ1n) is 5.81. The highest BCUT2D eigenvalue weighted by Crippen LogP contribution is 2.24. The van der Waals surface area contributed by atoms with Crippen molar-refractivity contribution in [2.24, 2.45) is 0 Å². The van der Waals surface area contributed by atoms with Gasteiger partial charge in [-0.3, -0.25) is 14.4 Å². The summed E-state index contributed by atoms with van der Waals surface area (Å²) in [7, 11) is -2.30. The zero-order valence-corrected chi connectivity index (χ0v) is 13.9. The second-order valence-corrected chi connectivity index (χ2v) is 7.41. The Morgan fingerprint density at radius 3 is 2.05 bits per heavy atom. The first kappa shape index (κ1) is 15.7. The SMILES string of the molecule is CN(c1ccc(I)cc1)S(=O)(=O)c1ccc([N+](=O)[O-])cc1. The summed E-state index contributed by atoms with van der Waals surface area (Å²) in [5, 5.41) is 10.6. The lowest BCUT2D eigenvalue weighted by atomic mass is 10.3. The summed E-state index contributed by atoms with van der Waals surface area (Å²) < 4.78 is 27.0. The predicted molar refractivity (Wildman–Crippen MR) is 87.8 cm³/mol. The third-order valence-corrected chi connectivity index (χ3v) is 5.42. The molecular formula is C13H11IN2O4S. The van der Waals surface area contributed by atoms with Crippen LogP contribution in [-0.2, 0) is 10.0 Å². The molecule has 0 aliphatic rings. The highest BCUT2D eigenvalue weighted by atomic mass is 127. The molecule has 0 aliphatic heterocycles. The van der Waals surface area contributed by atoms with Crippen molar-refractivity contribution in [1.29, 1.82) is 0 Å². The molecule has 0 aromatic heterocycles. The van der Waals surface area contributed by atoms with Crippen molar-refractivity contribution in [3.63, 3.8) is 0 Å². The van der Waals surface area contributed by atoms with E-state index in [1.807, 2.05) is 0 Å². The average molecular weight is 418 g/mol. The van der Waals surface area contributed by atoms with Crippen LogP contribution in [0.5, 0.6) is 0 Å². The second kappa shape index (κ2) is 5.98. The van der Waals surface area contributed by atoms with Gasteiger partial charge in [0.1, 0.15) is 0 Å². The van der Waals surface area contributed by atoms with Gasteiger partial charge in [-0.1, -0.05) is 0 Å². The van der Waals surface area contributed by atoms with Crippen LogP contribution in [0.25, 0.3) is 0 Å². The second-order valence-electron chi connectivity index (χ2n) is 4.20. The van der Waals surface area contributed by atoms with E-state index in [4.69, 9.17) is 0 Å². The summed E-state index contributed by atoms with van der Waals surface area (Å²) in [4.78, 5) is 10.0. The lowest BCUT2D eigenvalue weighted by Crippen LogP contribution is -2.26. The van der Waals surface area contributed by atoms with Gasteiger partial charge in [-0.15, -0.1) is 0 Å². The van der Waals surface area contributed by atoms with E-state index < -0.39 is 14.9 Å². The fourth-order valence-corrected chi connectivity index (χ4v) is 3.24. The Morgan fingerprint density at radius 1 is 1.05 bits per heavy atom. The smallest absolute Gasteiger partial charge is 0.269 e. The number of sulfonamides is 1. The van der Waals surface area contributed by atoms with Gasteiger partial charge in [0.2, 0.25) is 0 Å². The fraction of sp³-hybridized carbons (Fsp3) is 0.0769. The van der Waals surface area contributed by atoms with Gasteiger partial charge in [-0.25, -0.2) is 8.42 Å². The molecule has 21 heavy (non-hydrogen) atoms. The maximum absolute atomic E-state index is 12.5. The quantitative estimate of drug-likeness (QED) is 0.435. The molecule has 8 heteroatoms. The minimum absolute atomic E-state index is 0.00847. The first-order valence-corrected chi connectivity index (χ1v) is 8.33.